The number of rotatable bonds is 13. The fourth-order valence-electron chi connectivity index (χ4n) is 2.96. The molecular formula is C21H32F2O2. The fourth-order valence-corrected chi connectivity index (χ4v) is 2.96. The Labute approximate surface area is 151 Å². The van der Waals surface area contributed by atoms with Crippen molar-refractivity contribution in [1.29, 1.82) is 0 Å². The largest absolute Gasteiger partial charge is 0.459 e. The smallest absolute Gasteiger partial charge is 0.341 e. The maximum absolute atomic E-state index is 13.7. The zero-order chi connectivity index (χ0) is 18.5. The molecule has 0 aliphatic carbocycles. The highest BCUT2D eigenvalue weighted by Crippen LogP contribution is 2.18. The van der Waals surface area contributed by atoms with E-state index in [-0.39, 0.29) is 11.7 Å². The van der Waals surface area contributed by atoms with E-state index in [9.17, 15) is 13.6 Å². The van der Waals surface area contributed by atoms with Crippen LogP contribution in [0.2, 0.25) is 0 Å². The van der Waals surface area contributed by atoms with Gasteiger partial charge in [-0.2, -0.15) is 0 Å². The van der Waals surface area contributed by atoms with Gasteiger partial charge in [0, 0.05) is 0 Å². The van der Waals surface area contributed by atoms with Crippen molar-refractivity contribution in [1.82, 2.24) is 0 Å². The molecule has 0 fully saturated rings. The number of carbonyl (C=O) groups is 1. The highest BCUT2D eigenvalue weighted by molar-refractivity contribution is 5.89. The minimum atomic E-state index is -0.769. The number of ether oxygens (including phenoxy) is 1. The van der Waals surface area contributed by atoms with E-state index < -0.39 is 17.6 Å². The van der Waals surface area contributed by atoms with Gasteiger partial charge in [0.2, 0.25) is 0 Å². The summed E-state index contributed by atoms with van der Waals surface area (Å²) in [6.45, 7) is 4.24. The standard InChI is InChI=1S/C21H32F2O2/c1-3-5-6-7-8-9-10-11-13-18(12-4-2)25-21(24)19-16-17(22)14-15-20(19)23/h14-16,18H,3-13H2,1-2H3. The summed E-state index contributed by atoms with van der Waals surface area (Å²) in [6.07, 6.45) is 12.0. The van der Waals surface area contributed by atoms with E-state index in [0.29, 0.717) is 0 Å². The van der Waals surface area contributed by atoms with Crippen LogP contribution in [0.4, 0.5) is 8.78 Å². The number of unbranched alkanes of at least 4 members (excludes halogenated alkanes) is 7. The van der Waals surface area contributed by atoms with Gasteiger partial charge >= 0.3 is 5.97 Å². The van der Waals surface area contributed by atoms with Gasteiger partial charge in [0.15, 0.2) is 0 Å². The second kappa shape index (κ2) is 12.8. The maximum atomic E-state index is 13.7. The Hall–Kier alpha value is -1.45. The summed E-state index contributed by atoms with van der Waals surface area (Å²) in [4.78, 5) is 12.1. The number of halogens is 2. The monoisotopic (exact) mass is 354 g/mol. The molecule has 4 heteroatoms. The molecule has 0 bridgehead atoms. The SMILES string of the molecule is CCCCCCCCCCC(CCC)OC(=O)c1cc(F)ccc1F. The van der Waals surface area contributed by atoms with Gasteiger partial charge in [-0.15, -0.1) is 0 Å². The summed E-state index contributed by atoms with van der Waals surface area (Å²) in [5.74, 6) is -2.15. The molecule has 25 heavy (non-hydrogen) atoms. The van der Waals surface area contributed by atoms with E-state index in [4.69, 9.17) is 4.74 Å². The zero-order valence-electron chi connectivity index (χ0n) is 15.7. The molecule has 1 unspecified atom stereocenters. The normalized spacial score (nSPS) is 12.2. The second-order valence-corrected chi connectivity index (χ2v) is 6.70. The average Bonchev–Trinajstić information content (AvgIpc) is 2.59. The molecule has 0 N–H and O–H groups in total. The van der Waals surface area contributed by atoms with Crippen LogP contribution in [-0.2, 0) is 4.74 Å². The van der Waals surface area contributed by atoms with Gasteiger partial charge in [0.25, 0.3) is 0 Å². The van der Waals surface area contributed by atoms with Gasteiger partial charge in [0.05, 0.1) is 5.56 Å². The van der Waals surface area contributed by atoms with Crippen LogP contribution in [0.5, 0.6) is 0 Å². The lowest BCUT2D eigenvalue weighted by molar-refractivity contribution is 0.0248. The van der Waals surface area contributed by atoms with Gasteiger partial charge in [0.1, 0.15) is 17.7 Å². The minimum Gasteiger partial charge on any atom is -0.459 e. The molecule has 1 atom stereocenters. The van der Waals surface area contributed by atoms with Crippen molar-refractivity contribution < 1.29 is 18.3 Å². The lowest BCUT2D eigenvalue weighted by Gasteiger charge is -2.17. The summed E-state index contributed by atoms with van der Waals surface area (Å²) in [7, 11) is 0. The van der Waals surface area contributed by atoms with Crippen LogP contribution in [0.3, 0.4) is 0 Å². The van der Waals surface area contributed by atoms with Crippen LogP contribution in [0.15, 0.2) is 18.2 Å². The molecule has 0 saturated heterocycles. The first-order chi connectivity index (χ1) is 12.1. The molecular weight excluding hydrogens is 322 g/mol. The Bertz CT molecular complexity index is 503. The Morgan fingerprint density at radius 2 is 1.56 bits per heavy atom. The topological polar surface area (TPSA) is 26.3 Å². The average molecular weight is 354 g/mol. The van der Waals surface area contributed by atoms with Crippen molar-refractivity contribution >= 4 is 5.97 Å². The lowest BCUT2D eigenvalue weighted by atomic mass is 10.0. The third-order valence-corrected chi connectivity index (χ3v) is 4.41. The summed E-state index contributed by atoms with van der Waals surface area (Å²) < 4.78 is 32.3. The number of carbonyl (C=O) groups excluding carboxylic acids is 1. The van der Waals surface area contributed by atoms with Crippen LogP contribution >= 0.6 is 0 Å². The van der Waals surface area contributed by atoms with E-state index in [1.807, 2.05) is 6.92 Å². The fraction of sp³-hybridized carbons (Fsp3) is 0.667. The van der Waals surface area contributed by atoms with E-state index in [0.717, 1.165) is 50.3 Å². The second-order valence-electron chi connectivity index (χ2n) is 6.70. The third-order valence-electron chi connectivity index (χ3n) is 4.41. The van der Waals surface area contributed by atoms with E-state index in [1.54, 1.807) is 0 Å². The van der Waals surface area contributed by atoms with E-state index in [1.165, 1.54) is 38.5 Å². The van der Waals surface area contributed by atoms with Crippen LogP contribution in [0.1, 0.15) is 94.8 Å². The number of esters is 1. The summed E-state index contributed by atoms with van der Waals surface area (Å²) in [5, 5.41) is 0. The van der Waals surface area contributed by atoms with Gasteiger partial charge in [-0.25, -0.2) is 13.6 Å². The summed E-state index contributed by atoms with van der Waals surface area (Å²) in [6, 6.07) is 2.85. The van der Waals surface area contributed by atoms with Gasteiger partial charge in [-0.3, -0.25) is 0 Å². The Morgan fingerprint density at radius 3 is 2.20 bits per heavy atom. The molecule has 1 aromatic carbocycles. The number of hydrogen-bond donors (Lipinski definition) is 0. The molecule has 0 saturated carbocycles. The van der Waals surface area contributed by atoms with E-state index >= 15 is 0 Å². The highest BCUT2D eigenvalue weighted by Gasteiger charge is 2.19. The van der Waals surface area contributed by atoms with Crippen LogP contribution in [0, 0.1) is 11.6 Å². The van der Waals surface area contributed by atoms with Crippen molar-refractivity contribution in [2.45, 2.75) is 90.6 Å². The molecule has 2 nitrogen and oxygen atoms in total. The predicted octanol–water partition coefficient (Wildman–Crippen LogP) is 6.82. The molecule has 1 rings (SSSR count). The molecule has 0 heterocycles. The first-order valence-corrected chi connectivity index (χ1v) is 9.74. The molecule has 0 radical (unpaired) electrons. The Balaban J connectivity index is 2.36. The first kappa shape index (κ1) is 21.6. The zero-order valence-corrected chi connectivity index (χ0v) is 15.7. The lowest BCUT2D eigenvalue weighted by Crippen LogP contribution is -2.19. The Morgan fingerprint density at radius 1 is 0.920 bits per heavy atom. The summed E-state index contributed by atoms with van der Waals surface area (Å²) >= 11 is 0. The number of hydrogen-bond acceptors (Lipinski definition) is 2. The van der Waals surface area contributed by atoms with Crippen molar-refractivity contribution in [2.24, 2.45) is 0 Å². The predicted molar refractivity (Wildman–Crippen MR) is 97.7 cm³/mol. The van der Waals surface area contributed by atoms with Crippen LogP contribution in [0.25, 0.3) is 0 Å². The van der Waals surface area contributed by atoms with Crippen LogP contribution < -0.4 is 0 Å². The van der Waals surface area contributed by atoms with Crippen molar-refractivity contribution in [3.05, 3.63) is 35.4 Å². The first-order valence-electron chi connectivity index (χ1n) is 9.74. The molecule has 0 aromatic heterocycles. The molecule has 0 aliphatic rings. The van der Waals surface area contributed by atoms with Crippen LogP contribution in [-0.4, -0.2) is 12.1 Å². The number of benzene rings is 1. The van der Waals surface area contributed by atoms with Gasteiger partial charge in [-0.1, -0.05) is 65.2 Å². The van der Waals surface area contributed by atoms with Gasteiger partial charge < -0.3 is 4.74 Å². The molecule has 0 amide bonds. The summed E-state index contributed by atoms with van der Waals surface area (Å²) in [5.41, 5.74) is -0.322. The molecule has 1 aromatic rings. The van der Waals surface area contributed by atoms with E-state index in [2.05, 4.69) is 6.92 Å². The molecule has 0 spiro atoms. The maximum Gasteiger partial charge on any atom is 0.341 e. The highest BCUT2D eigenvalue weighted by atomic mass is 19.1. The molecule has 0 aliphatic heterocycles. The van der Waals surface area contributed by atoms with Crippen molar-refractivity contribution in [3.8, 4) is 0 Å². The van der Waals surface area contributed by atoms with Crippen molar-refractivity contribution in [2.75, 3.05) is 0 Å². The minimum absolute atomic E-state index is 0.222. The van der Waals surface area contributed by atoms with Crippen molar-refractivity contribution in [3.63, 3.8) is 0 Å². The Kier molecular flexibility index (Phi) is 11.1. The third kappa shape index (κ3) is 8.99. The van der Waals surface area contributed by atoms with Gasteiger partial charge in [-0.05, 0) is 37.5 Å². The quantitative estimate of drug-likeness (QED) is 0.287. The molecule has 142 valence electrons.